The Hall–Kier alpha value is -1.81. The number of benzene rings is 1. The van der Waals surface area contributed by atoms with Gasteiger partial charge >= 0.3 is 0 Å². The molecule has 1 aromatic heterocycles. The number of rotatable bonds is 4. The summed E-state index contributed by atoms with van der Waals surface area (Å²) in [6.45, 7) is 4.52. The van der Waals surface area contributed by atoms with Crippen molar-refractivity contribution in [3.05, 3.63) is 36.1 Å². The lowest BCUT2D eigenvalue weighted by molar-refractivity contribution is 0.0930. The van der Waals surface area contributed by atoms with E-state index in [1.54, 1.807) is 0 Å². The van der Waals surface area contributed by atoms with Gasteiger partial charge in [0, 0.05) is 11.4 Å². The zero-order valence-corrected chi connectivity index (χ0v) is 10.6. The van der Waals surface area contributed by atoms with Crippen molar-refractivity contribution in [2.75, 3.05) is 6.54 Å². The molecule has 0 aliphatic carbocycles. The number of hydrogen-bond donors (Lipinski definition) is 2. The Morgan fingerprint density at radius 3 is 2.83 bits per heavy atom. The van der Waals surface area contributed by atoms with Gasteiger partial charge in [-0.1, -0.05) is 25.1 Å². The van der Waals surface area contributed by atoms with Crippen molar-refractivity contribution >= 4 is 16.9 Å². The van der Waals surface area contributed by atoms with Crippen LogP contribution < -0.4 is 11.1 Å². The third kappa shape index (κ3) is 2.38. The molecular weight excluding hydrogens is 228 g/mol. The van der Waals surface area contributed by atoms with E-state index in [4.69, 9.17) is 10.2 Å². The van der Waals surface area contributed by atoms with Crippen LogP contribution in [0.2, 0.25) is 0 Å². The monoisotopic (exact) mass is 246 g/mol. The molecular formula is C14H18N2O2. The van der Waals surface area contributed by atoms with Crippen LogP contribution in [-0.2, 0) is 0 Å². The predicted molar refractivity (Wildman–Crippen MR) is 71.4 cm³/mol. The van der Waals surface area contributed by atoms with E-state index in [1.165, 1.54) is 6.26 Å². The fourth-order valence-electron chi connectivity index (χ4n) is 1.78. The summed E-state index contributed by atoms with van der Waals surface area (Å²) in [6.07, 6.45) is 1.50. The summed E-state index contributed by atoms with van der Waals surface area (Å²) in [6, 6.07) is 7.53. The van der Waals surface area contributed by atoms with Crippen LogP contribution in [0, 0.1) is 5.92 Å². The minimum absolute atomic E-state index is 0.0381. The van der Waals surface area contributed by atoms with E-state index in [2.05, 4.69) is 5.32 Å². The third-order valence-corrected chi connectivity index (χ3v) is 3.31. The molecule has 0 saturated heterocycles. The zero-order valence-electron chi connectivity index (χ0n) is 10.6. The topological polar surface area (TPSA) is 68.3 Å². The van der Waals surface area contributed by atoms with Gasteiger partial charge in [-0.3, -0.25) is 4.79 Å². The second kappa shape index (κ2) is 5.23. The maximum absolute atomic E-state index is 12.1. The normalized spacial score (nSPS) is 14.4. The van der Waals surface area contributed by atoms with E-state index in [0.29, 0.717) is 12.1 Å². The standard InChI is InChI=1S/C14H18N2O2/c1-9(7-15)10(2)16-14(17)12-8-18-13-6-4-3-5-11(12)13/h3-6,8-10H,7,15H2,1-2H3,(H,16,17). The SMILES string of the molecule is CC(CN)C(C)NC(=O)c1coc2ccccc12. The van der Waals surface area contributed by atoms with Gasteiger partial charge in [-0.25, -0.2) is 0 Å². The Morgan fingerprint density at radius 1 is 1.39 bits per heavy atom. The summed E-state index contributed by atoms with van der Waals surface area (Å²) in [5, 5.41) is 3.78. The summed E-state index contributed by atoms with van der Waals surface area (Å²) in [5.74, 6) is 0.125. The lowest BCUT2D eigenvalue weighted by Crippen LogP contribution is -2.39. The summed E-state index contributed by atoms with van der Waals surface area (Å²) >= 11 is 0. The first-order valence-electron chi connectivity index (χ1n) is 6.10. The number of nitrogens with two attached hydrogens (primary N) is 1. The average molecular weight is 246 g/mol. The molecule has 0 aliphatic rings. The number of para-hydroxylation sites is 1. The molecule has 2 atom stereocenters. The van der Waals surface area contributed by atoms with E-state index in [9.17, 15) is 4.79 Å². The van der Waals surface area contributed by atoms with Gasteiger partial charge in [0.1, 0.15) is 11.8 Å². The van der Waals surface area contributed by atoms with Crippen molar-refractivity contribution in [1.29, 1.82) is 0 Å². The first-order valence-corrected chi connectivity index (χ1v) is 6.10. The van der Waals surface area contributed by atoms with Crippen LogP contribution in [0.5, 0.6) is 0 Å². The lowest BCUT2D eigenvalue weighted by Gasteiger charge is -2.19. The first kappa shape index (κ1) is 12.6. The molecule has 4 heteroatoms. The molecule has 2 aromatic rings. The van der Waals surface area contributed by atoms with Crippen LogP contribution in [0.25, 0.3) is 11.0 Å². The van der Waals surface area contributed by atoms with Crippen LogP contribution in [0.4, 0.5) is 0 Å². The molecule has 4 nitrogen and oxygen atoms in total. The van der Waals surface area contributed by atoms with E-state index in [1.807, 2.05) is 38.1 Å². The lowest BCUT2D eigenvalue weighted by atomic mass is 10.0. The van der Waals surface area contributed by atoms with Crippen LogP contribution in [0.3, 0.4) is 0 Å². The third-order valence-electron chi connectivity index (χ3n) is 3.31. The molecule has 0 spiro atoms. The molecule has 1 heterocycles. The largest absolute Gasteiger partial charge is 0.463 e. The molecule has 3 N–H and O–H groups in total. The molecule has 0 fully saturated rings. The van der Waals surface area contributed by atoms with Crippen LogP contribution >= 0.6 is 0 Å². The fourth-order valence-corrected chi connectivity index (χ4v) is 1.78. The van der Waals surface area contributed by atoms with Gasteiger partial charge in [0.05, 0.1) is 5.56 Å². The van der Waals surface area contributed by atoms with Gasteiger partial charge < -0.3 is 15.5 Å². The van der Waals surface area contributed by atoms with Crippen LogP contribution in [0.15, 0.2) is 34.9 Å². The number of carbonyl (C=O) groups excluding carboxylic acids is 1. The summed E-state index contributed by atoms with van der Waals surface area (Å²) < 4.78 is 5.35. The Bertz CT molecular complexity index is 547. The zero-order chi connectivity index (χ0) is 13.1. The first-order chi connectivity index (χ1) is 8.63. The van der Waals surface area contributed by atoms with Gasteiger partial charge in [-0.05, 0) is 25.5 Å². The highest BCUT2D eigenvalue weighted by Gasteiger charge is 2.17. The highest BCUT2D eigenvalue weighted by molar-refractivity contribution is 6.05. The number of nitrogens with one attached hydrogen (secondary N) is 1. The number of amides is 1. The van der Waals surface area contributed by atoms with Crippen LogP contribution in [0.1, 0.15) is 24.2 Å². The van der Waals surface area contributed by atoms with E-state index >= 15 is 0 Å². The fraction of sp³-hybridized carbons (Fsp3) is 0.357. The van der Waals surface area contributed by atoms with Gasteiger partial charge in [0.25, 0.3) is 5.91 Å². The summed E-state index contributed by atoms with van der Waals surface area (Å²) in [7, 11) is 0. The molecule has 2 unspecified atom stereocenters. The Balaban J connectivity index is 2.19. The Kier molecular flexibility index (Phi) is 3.67. The Morgan fingerprint density at radius 2 is 2.11 bits per heavy atom. The van der Waals surface area contributed by atoms with Crippen molar-refractivity contribution < 1.29 is 9.21 Å². The molecule has 0 saturated carbocycles. The molecule has 0 bridgehead atoms. The van der Waals surface area contributed by atoms with Crippen molar-refractivity contribution in [1.82, 2.24) is 5.32 Å². The van der Waals surface area contributed by atoms with E-state index in [0.717, 1.165) is 11.0 Å². The van der Waals surface area contributed by atoms with Crippen molar-refractivity contribution in [3.63, 3.8) is 0 Å². The molecule has 1 aromatic carbocycles. The molecule has 96 valence electrons. The second-order valence-electron chi connectivity index (χ2n) is 4.62. The van der Waals surface area contributed by atoms with E-state index < -0.39 is 0 Å². The molecule has 0 aliphatic heterocycles. The highest BCUT2D eigenvalue weighted by atomic mass is 16.3. The maximum atomic E-state index is 12.1. The number of fused-ring (bicyclic) bond motifs is 1. The van der Waals surface area contributed by atoms with Crippen molar-refractivity contribution in [2.45, 2.75) is 19.9 Å². The highest BCUT2D eigenvalue weighted by Crippen LogP contribution is 2.20. The van der Waals surface area contributed by atoms with Crippen molar-refractivity contribution in [2.24, 2.45) is 11.7 Å². The maximum Gasteiger partial charge on any atom is 0.255 e. The number of carbonyl (C=O) groups is 1. The summed E-state index contributed by atoms with van der Waals surface area (Å²) in [4.78, 5) is 12.1. The quantitative estimate of drug-likeness (QED) is 0.868. The molecule has 18 heavy (non-hydrogen) atoms. The van der Waals surface area contributed by atoms with Gasteiger partial charge in [-0.15, -0.1) is 0 Å². The smallest absolute Gasteiger partial charge is 0.255 e. The Labute approximate surface area is 106 Å². The van der Waals surface area contributed by atoms with Gasteiger partial charge in [0.2, 0.25) is 0 Å². The molecule has 2 rings (SSSR count). The predicted octanol–water partition coefficient (Wildman–Crippen LogP) is 2.15. The van der Waals surface area contributed by atoms with Gasteiger partial charge in [0.15, 0.2) is 0 Å². The minimum Gasteiger partial charge on any atom is -0.463 e. The number of hydrogen-bond acceptors (Lipinski definition) is 3. The second-order valence-corrected chi connectivity index (χ2v) is 4.62. The number of furan rings is 1. The summed E-state index contributed by atoms with van der Waals surface area (Å²) in [5.41, 5.74) is 6.88. The van der Waals surface area contributed by atoms with Crippen molar-refractivity contribution in [3.8, 4) is 0 Å². The minimum atomic E-state index is -0.118. The molecule has 0 radical (unpaired) electrons. The molecule has 1 amide bonds. The average Bonchev–Trinajstić information content (AvgIpc) is 2.81. The van der Waals surface area contributed by atoms with Crippen LogP contribution in [-0.4, -0.2) is 18.5 Å². The van der Waals surface area contributed by atoms with E-state index in [-0.39, 0.29) is 17.9 Å². The van der Waals surface area contributed by atoms with Gasteiger partial charge in [-0.2, -0.15) is 0 Å².